The molecule has 184 valence electrons. The number of hydrogen-bond donors (Lipinski definition) is 0. The zero-order valence-corrected chi connectivity index (χ0v) is 21.4. The van der Waals surface area contributed by atoms with Gasteiger partial charge in [-0.25, -0.2) is 0 Å². The maximum absolute atomic E-state index is 11.5. The van der Waals surface area contributed by atoms with E-state index in [0.717, 1.165) is 50.0 Å². The van der Waals surface area contributed by atoms with Gasteiger partial charge in [-0.2, -0.15) is 0 Å². The molecule has 33 heavy (non-hydrogen) atoms. The lowest BCUT2D eigenvalue weighted by atomic mass is 9.47. The molecule has 2 heterocycles. The van der Waals surface area contributed by atoms with Crippen molar-refractivity contribution in [1.82, 2.24) is 0 Å². The minimum atomic E-state index is -0.312. The third-order valence-corrected chi connectivity index (χ3v) is 11.7. The number of hydrogen-bond acceptors (Lipinski definition) is 4. The summed E-state index contributed by atoms with van der Waals surface area (Å²) < 4.78 is 19.0. The third-order valence-electron chi connectivity index (χ3n) is 11.7. The van der Waals surface area contributed by atoms with Crippen molar-refractivity contribution in [3.63, 3.8) is 0 Å². The first-order valence-electron chi connectivity index (χ1n) is 13.8. The predicted octanol–water partition coefficient (Wildman–Crippen LogP) is 6.28. The summed E-state index contributed by atoms with van der Waals surface area (Å²) in [4.78, 5) is 11.5. The van der Waals surface area contributed by atoms with Gasteiger partial charge in [-0.1, -0.05) is 39.3 Å². The standard InChI is InChI=1S/C29H44O4/c1-17-8-13-29(31-16-17)18(2)26-25(33-29)15-24-22-7-6-20-14-21(32-19(3)30)9-11-27(20,4)23(22)10-12-28(24,26)5/h6,17-18,21-26H,7-16H2,1-5H3/t17-,18+,21-,22+,23-,24-,25-,26-,27-,28-,29+/m0/s1. The van der Waals surface area contributed by atoms with E-state index in [9.17, 15) is 4.79 Å². The van der Waals surface area contributed by atoms with Crippen molar-refractivity contribution in [3.8, 4) is 0 Å². The highest BCUT2D eigenvalue weighted by atomic mass is 16.7. The molecule has 0 bridgehead atoms. The van der Waals surface area contributed by atoms with Crippen molar-refractivity contribution in [2.24, 2.45) is 46.3 Å². The Balaban J connectivity index is 1.24. The molecule has 0 amide bonds. The molecule has 0 unspecified atom stereocenters. The van der Waals surface area contributed by atoms with Gasteiger partial charge in [-0.3, -0.25) is 4.79 Å². The Morgan fingerprint density at radius 2 is 1.91 bits per heavy atom. The summed E-state index contributed by atoms with van der Waals surface area (Å²) >= 11 is 0. The van der Waals surface area contributed by atoms with Gasteiger partial charge in [0.05, 0.1) is 12.7 Å². The van der Waals surface area contributed by atoms with Gasteiger partial charge in [0.15, 0.2) is 5.79 Å². The maximum Gasteiger partial charge on any atom is 0.302 e. The second kappa shape index (κ2) is 7.56. The summed E-state index contributed by atoms with van der Waals surface area (Å²) in [6.07, 6.45) is 13.6. The van der Waals surface area contributed by atoms with Gasteiger partial charge < -0.3 is 14.2 Å². The Hall–Kier alpha value is -0.870. The van der Waals surface area contributed by atoms with E-state index in [1.807, 2.05) is 0 Å². The van der Waals surface area contributed by atoms with E-state index in [1.54, 1.807) is 12.5 Å². The molecule has 11 atom stereocenters. The monoisotopic (exact) mass is 456 g/mol. The first-order valence-corrected chi connectivity index (χ1v) is 13.8. The van der Waals surface area contributed by atoms with E-state index in [2.05, 4.69) is 33.8 Å². The Morgan fingerprint density at radius 3 is 2.64 bits per heavy atom. The zero-order valence-electron chi connectivity index (χ0n) is 21.4. The first kappa shape index (κ1) is 22.6. The summed E-state index contributed by atoms with van der Waals surface area (Å²) in [7, 11) is 0. The van der Waals surface area contributed by atoms with Crippen LogP contribution in [0, 0.1) is 46.3 Å². The van der Waals surface area contributed by atoms with Crippen LogP contribution in [0.4, 0.5) is 0 Å². The molecule has 4 aliphatic carbocycles. The summed E-state index contributed by atoms with van der Waals surface area (Å²) in [5.41, 5.74) is 2.24. The Kier molecular flexibility index (Phi) is 5.18. The molecule has 2 aliphatic heterocycles. The van der Waals surface area contributed by atoms with Crippen molar-refractivity contribution < 1.29 is 19.0 Å². The highest BCUT2D eigenvalue weighted by Crippen LogP contribution is 2.70. The second-order valence-electron chi connectivity index (χ2n) is 13.3. The van der Waals surface area contributed by atoms with Crippen molar-refractivity contribution in [2.75, 3.05) is 6.61 Å². The Morgan fingerprint density at radius 1 is 1.09 bits per heavy atom. The van der Waals surface area contributed by atoms with Gasteiger partial charge in [0.25, 0.3) is 0 Å². The van der Waals surface area contributed by atoms with Crippen LogP contribution in [0.2, 0.25) is 0 Å². The lowest BCUT2D eigenvalue weighted by Gasteiger charge is -2.58. The van der Waals surface area contributed by atoms with Gasteiger partial charge in [-0.05, 0) is 85.4 Å². The molecule has 0 aromatic heterocycles. The molecule has 0 radical (unpaired) electrons. The smallest absolute Gasteiger partial charge is 0.302 e. The largest absolute Gasteiger partial charge is 0.462 e. The zero-order chi connectivity index (χ0) is 23.2. The SMILES string of the molecule is CC(=O)O[C@H]1CC[C@@]2(C)C(=CC[C@H]3[C@@H]4C[C@@H]5O[C@]6(CC[C@H](C)CO6)[C@H](C)[C@@H]5[C@@]4(C)CC[C@@H]32)C1. The minimum absolute atomic E-state index is 0.0849. The van der Waals surface area contributed by atoms with Crippen LogP contribution in [0.15, 0.2) is 11.6 Å². The van der Waals surface area contributed by atoms with E-state index in [4.69, 9.17) is 14.2 Å². The van der Waals surface area contributed by atoms with Gasteiger partial charge in [0, 0.05) is 25.7 Å². The predicted molar refractivity (Wildman–Crippen MR) is 127 cm³/mol. The topological polar surface area (TPSA) is 44.8 Å². The first-order chi connectivity index (χ1) is 15.7. The van der Waals surface area contributed by atoms with Crippen LogP contribution in [-0.2, 0) is 19.0 Å². The number of esters is 1. The maximum atomic E-state index is 11.5. The normalized spacial score (nSPS) is 55.2. The molecule has 3 saturated carbocycles. The fourth-order valence-corrected chi connectivity index (χ4v) is 9.98. The quantitative estimate of drug-likeness (QED) is 0.344. The highest BCUT2D eigenvalue weighted by Gasteiger charge is 2.68. The lowest BCUT2D eigenvalue weighted by molar-refractivity contribution is -0.272. The molecule has 1 spiro atoms. The van der Waals surface area contributed by atoms with E-state index in [-0.39, 0.29) is 23.3 Å². The van der Waals surface area contributed by atoms with Crippen LogP contribution >= 0.6 is 0 Å². The molecular formula is C29H44O4. The van der Waals surface area contributed by atoms with Crippen LogP contribution in [0.1, 0.15) is 92.4 Å². The van der Waals surface area contributed by atoms with Crippen LogP contribution < -0.4 is 0 Å². The van der Waals surface area contributed by atoms with Crippen molar-refractivity contribution in [1.29, 1.82) is 0 Å². The molecular weight excluding hydrogens is 412 g/mol. The van der Waals surface area contributed by atoms with Crippen LogP contribution in [-0.4, -0.2) is 30.6 Å². The molecule has 0 N–H and O–H groups in total. The van der Waals surface area contributed by atoms with Gasteiger partial charge >= 0.3 is 5.97 Å². The highest BCUT2D eigenvalue weighted by molar-refractivity contribution is 5.66. The fraction of sp³-hybridized carbons (Fsp3) is 0.897. The minimum Gasteiger partial charge on any atom is -0.462 e. The number of fused-ring (bicyclic) bond motifs is 7. The van der Waals surface area contributed by atoms with Crippen LogP contribution in [0.25, 0.3) is 0 Å². The number of ether oxygens (including phenoxy) is 3. The summed E-state index contributed by atoms with van der Waals surface area (Å²) in [6.45, 7) is 12.3. The number of carbonyl (C=O) groups is 1. The van der Waals surface area contributed by atoms with Gasteiger partial charge in [0.2, 0.25) is 0 Å². The summed E-state index contributed by atoms with van der Waals surface area (Å²) in [5, 5.41) is 0. The molecule has 5 fully saturated rings. The van der Waals surface area contributed by atoms with E-state index < -0.39 is 0 Å². The average molecular weight is 457 g/mol. The second-order valence-corrected chi connectivity index (χ2v) is 13.3. The van der Waals surface area contributed by atoms with Gasteiger partial charge in [-0.15, -0.1) is 0 Å². The molecule has 6 rings (SSSR count). The summed E-state index contributed by atoms with van der Waals surface area (Å²) in [6, 6.07) is 0. The lowest BCUT2D eigenvalue weighted by Crippen LogP contribution is -2.52. The Labute approximate surface area is 200 Å². The van der Waals surface area contributed by atoms with Crippen molar-refractivity contribution in [2.45, 2.75) is 110 Å². The van der Waals surface area contributed by atoms with Crippen molar-refractivity contribution in [3.05, 3.63) is 11.6 Å². The third kappa shape index (κ3) is 3.18. The molecule has 0 aromatic carbocycles. The molecule has 0 aromatic rings. The summed E-state index contributed by atoms with van der Waals surface area (Å²) in [5.74, 6) is 3.64. The molecule has 4 heteroatoms. The number of allylic oxidation sites excluding steroid dienone is 1. The number of rotatable bonds is 1. The van der Waals surface area contributed by atoms with Crippen molar-refractivity contribution >= 4 is 5.97 Å². The Bertz CT molecular complexity index is 841. The average Bonchev–Trinajstić information content (AvgIpc) is 3.21. The molecule has 4 nitrogen and oxygen atoms in total. The van der Waals surface area contributed by atoms with Crippen LogP contribution in [0.5, 0.6) is 0 Å². The molecule has 6 aliphatic rings. The van der Waals surface area contributed by atoms with Gasteiger partial charge in [0.1, 0.15) is 6.10 Å². The molecule has 2 saturated heterocycles. The van der Waals surface area contributed by atoms with Crippen LogP contribution in [0.3, 0.4) is 0 Å². The van der Waals surface area contributed by atoms with E-state index in [1.165, 1.54) is 32.1 Å². The fourth-order valence-electron chi connectivity index (χ4n) is 9.98. The van der Waals surface area contributed by atoms with E-state index in [0.29, 0.717) is 29.3 Å². The van der Waals surface area contributed by atoms with E-state index >= 15 is 0 Å². The number of carbonyl (C=O) groups excluding carboxylic acids is 1.